The van der Waals surface area contributed by atoms with E-state index in [4.69, 9.17) is 9.16 Å². The molecule has 0 bridgehead atoms. The predicted molar refractivity (Wildman–Crippen MR) is 292 cm³/mol. The van der Waals surface area contributed by atoms with Gasteiger partial charge in [-0.2, -0.15) is 0 Å². The Morgan fingerprint density at radius 2 is 1.07 bits per heavy atom. The molecular weight excluding hydrogens is 940 g/mol. The highest BCUT2D eigenvalue weighted by Gasteiger charge is 2.60. The fraction of sp³-hybridized carbons (Fsp3) is 0.397. The Morgan fingerprint density at radius 3 is 1.48 bits per heavy atom. The molecule has 71 heavy (non-hydrogen) atoms. The molecule has 0 aliphatic carbocycles. The average molecular weight is 1020 g/mol. The smallest absolute Gasteiger partial charge is 0.347 e. The molecule has 0 aromatic heterocycles. The second-order valence-corrected chi connectivity index (χ2v) is 27.0. The molecule has 1 heterocycles. The number of benzene rings is 5. The summed E-state index contributed by atoms with van der Waals surface area (Å²) in [5.41, 5.74) is 3.33. The molecule has 1 aliphatic rings. The minimum atomic E-state index is -4.50. The van der Waals surface area contributed by atoms with E-state index < -0.39 is 59.3 Å². The number of allylic oxidation sites excluding steroid dienone is 1. The van der Waals surface area contributed by atoms with Crippen LogP contribution in [-0.2, 0) is 29.3 Å². The van der Waals surface area contributed by atoms with Crippen LogP contribution < -0.4 is 4.74 Å². The van der Waals surface area contributed by atoms with Crippen molar-refractivity contribution in [1.29, 1.82) is 0 Å². The van der Waals surface area contributed by atoms with Gasteiger partial charge in [0, 0.05) is 6.10 Å². The third-order valence-corrected chi connectivity index (χ3v) is 22.3. The molecule has 0 spiro atoms. The van der Waals surface area contributed by atoms with Crippen molar-refractivity contribution >= 4 is 41.3 Å². The Labute approximate surface area is 427 Å². The first-order valence-electron chi connectivity index (χ1n) is 25.7. The van der Waals surface area contributed by atoms with Crippen molar-refractivity contribution in [2.75, 3.05) is 0 Å². The second kappa shape index (κ2) is 26.2. The Morgan fingerprint density at radius 1 is 0.648 bits per heavy atom. The first-order valence-corrected chi connectivity index (χ1v) is 31.1. The summed E-state index contributed by atoms with van der Waals surface area (Å²) in [5.74, 6) is -1.14. The number of carbonyl (C=O) groups is 1. The Kier molecular flexibility index (Phi) is 20.4. The van der Waals surface area contributed by atoms with Crippen LogP contribution in [-0.4, -0.2) is 52.6 Å². The highest BCUT2D eigenvalue weighted by Crippen LogP contribution is 2.52. The van der Waals surface area contributed by atoms with Crippen molar-refractivity contribution in [3.8, 4) is 5.75 Å². The van der Waals surface area contributed by atoms with Gasteiger partial charge in [-0.3, -0.25) is 4.79 Å². The summed E-state index contributed by atoms with van der Waals surface area (Å²) >= 11 is 0. The summed E-state index contributed by atoms with van der Waals surface area (Å²) in [6, 6.07) is 41.8. The quantitative estimate of drug-likeness (QED) is 0.0223. The van der Waals surface area contributed by atoms with Crippen LogP contribution in [0.4, 0.5) is 0 Å². The maximum Gasteiger partial charge on any atom is 0.347 e. The van der Waals surface area contributed by atoms with Gasteiger partial charge in [-0.15, -0.1) is 0 Å². The second-order valence-electron chi connectivity index (χ2n) is 19.3. The Bertz CT molecular complexity index is 2560. The van der Waals surface area contributed by atoms with E-state index in [9.17, 15) is 4.79 Å². The largest absolute Gasteiger partial charge is 0.426 e. The normalized spacial score (nSPS) is 16.8. The van der Waals surface area contributed by atoms with E-state index in [0.29, 0.717) is 41.7 Å². The lowest BCUT2D eigenvalue weighted by Gasteiger charge is -2.36. The standard InChI is InChI=1S/C58H75BN2O7S2Si/c1-8-12-29-52(68-71(42-13-9-2,43-14-10-3)44-15-11-4)36-41-55(58(62)67-51-30-23-18-24-31-51)48(7)45-59-60(69(63,64)53-37-32-46(5)33-38-53)56(49-25-19-16-20-26-49)57(50-27-21-17-22-28-50)61(59)70(65,66)54-39-34-47(6)35-40-54/h8,12,16-28,30-35,37-40,52,55-57H,7,9-11,13-15,29,36,41-45H2,1-6H3/b12-8+/t52-,55+,56-,57-/m1/s1. The molecule has 1 fully saturated rings. The predicted octanol–water partition coefficient (Wildman–Crippen LogP) is 14.2. The van der Waals surface area contributed by atoms with Gasteiger partial charge < -0.3 is 9.16 Å². The fourth-order valence-electron chi connectivity index (χ4n) is 9.99. The Hall–Kier alpha value is -4.89. The zero-order chi connectivity index (χ0) is 51.0. The molecule has 1 aliphatic heterocycles. The van der Waals surface area contributed by atoms with Gasteiger partial charge in [0.25, 0.3) is 0 Å². The minimum absolute atomic E-state index is 0.0203. The minimum Gasteiger partial charge on any atom is -0.426 e. The van der Waals surface area contributed by atoms with Crippen LogP contribution in [0.15, 0.2) is 174 Å². The maximum atomic E-state index is 15.7. The number of carbonyl (C=O) groups excluding carboxylic acids is 1. The zero-order valence-electron chi connectivity index (χ0n) is 42.8. The molecule has 0 N–H and O–H groups in total. The molecule has 5 aromatic carbocycles. The summed E-state index contributed by atoms with van der Waals surface area (Å²) in [5, 5.41) is 0. The SMILES string of the molecule is C=C(CB1N(S(=O)(=O)c2ccc(C)cc2)[C@H](c2ccccc2)[C@@H](c2ccccc2)N1S(=O)(=O)c1ccc(C)cc1)[C@H](CC[C@@H](C/C=C/C)O[Si](CCCC)(CCCC)CCCC)C(=O)Oc1ccccc1. The van der Waals surface area contributed by atoms with Gasteiger partial charge in [0.2, 0.25) is 20.0 Å². The zero-order valence-corrected chi connectivity index (χ0v) is 45.4. The van der Waals surface area contributed by atoms with E-state index in [1.165, 1.54) is 8.43 Å². The molecule has 1 saturated heterocycles. The summed E-state index contributed by atoms with van der Waals surface area (Å²) < 4.78 is 79.3. The van der Waals surface area contributed by atoms with Crippen molar-refractivity contribution in [2.24, 2.45) is 5.92 Å². The number of hydrogen-bond acceptors (Lipinski definition) is 7. The number of esters is 1. The van der Waals surface area contributed by atoms with E-state index in [1.807, 2.05) is 93.6 Å². The number of unbranched alkanes of at least 4 members (excludes halogenated alkanes) is 3. The number of aryl methyl sites for hydroxylation is 2. The first-order chi connectivity index (χ1) is 34.2. The molecular formula is C58H75BN2O7S2Si. The van der Waals surface area contributed by atoms with Gasteiger partial charge in [0.15, 0.2) is 8.32 Å². The fourth-order valence-corrected chi connectivity index (χ4v) is 18.6. The lowest BCUT2D eigenvalue weighted by atomic mass is 9.68. The lowest BCUT2D eigenvalue weighted by Crippen LogP contribution is -2.49. The van der Waals surface area contributed by atoms with E-state index in [2.05, 4.69) is 33.4 Å². The van der Waals surface area contributed by atoms with Crippen molar-refractivity contribution in [3.63, 3.8) is 0 Å². The van der Waals surface area contributed by atoms with E-state index >= 15 is 16.8 Å². The number of rotatable bonds is 27. The van der Waals surface area contributed by atoms with Gasteiger partial charge in [0.1, 0.15) is 5.75 Å². The molecule has 6 rings (SSSR count). The summed E-state index contributed by atoms with van der Waals surface area (Å²) in [7, 11) is -11.2. The highest BCUT2D eigenvalue weighted by molar-refractivity contribution is 7.92. The van der Waals surface area contributed by atoms with Crippen LogP contribution in [0, 0.1) is 19.8 Å². The van der Waals surface area contributed by atoms with Crippen LogP contribution in [0.1, 0.15) is 120 Å². The third kappa shape index (κ3) is 14.0. The van der Waals surface area contributed by atoms with Crippen molar-refractivity contribution in [1.82, 2.24) is 8.43 Å². The van der Waals surface area contributed by atoms with Crippen LogP contribution in [0.2, 0.25) is 24.5 Å². The van der Waals surface area contributed by atoms with Crippen LogP contribution in [0.3, 0.4) is 0 Å². The topological polar surface area (TPSA) is 110 Å². The van der Waals surface area contributed by atoms with Gasteiger partial charge in [-0.25, -0.2) is 25.3 Å². The van der Waals surface area contributed by atoms with Gasteiger partial charge >= 0.3 is 13.0 Å². The Balaban J connectivity index is 1.53. The van der Waals surface area contributed by atoms with E-state index in [0.717, 1.165) is 67.8 Å². The lowest BCUT2D eigenvalue weighted by molar-refractivity contribution is -0.138. The first kappa shape index (κ1) is 55.4. The van der Waals surface area contributed by atoms with Gasteiger partial charge in [0.05, 0.1) is 27.8 Å². The molecule has 5 aromatic rings. The van der Waals surface area contributed by atoms with Crippen molar-refractivity contribution < 1.29 is 30.8 Å². The molecule has 9 nitrogen and oxygen atoms in total. The number of hydrogen-bond donors (Lipinski definition) is 0. The summed E-state index contributed by atoms with van der Waals surface area (Å²) in [4.78, 5) is 14.9. The number of sulfonamides is 2. The van der Waals surface area contributed by atoms with Gasteiger partial charge in [-0.1, -0.05) is 198 Å². The van der Waals surface area contributed by atoms with Crippen LogP contribution in [0.5, 0.6) is 5.75 Å². The van der Waals surface area contributed by atoms with Crippen molar-refractivity contribution in [2.45, 2.75) is 152 Å². The molecule has 0 radical (unpaired) electrons. The molecule has 378 valence electrons. The molecule has 0 amide bonds. The highest BCUT2D eigenvalue weighted by atomic mass is 32.2. The number of ether oxygens (including phenoxy) is 1. The molecule has 13 heteroatoms. The molecule has 4 atom stereocenters. The van der Waals surface area contributed by atoms with E-state index in [1.54, 1.807) is 72.8 Å². The van der Waals surface area contributed by atoms with E-state index in [-0.39, 0.29) is 22.2 Å². The van der Waals surface area contributed by atoms with Gasteiger partial charge in [-0.05, 0) is 112 Å². The average Bonchev–Trinajstić information content (AvgIpc) is 3.73. The molecule has 0 saturated carbocycles. The number of nitrogens with zero attached hydrogens (tertiary/aromatic N) is 2. The van der Waals surface area contributed by atoms with Crippen molar-refractivity contribution in [3.05, 3.63) is 186 Å². The monoisotopic (exact) mass is 1010 g/mol. The molecule has 0 unspecified atom stereocenters. The summed E-state index contributed by atoms with van der Waals surface area (Å²) in [6.07, 6.45) is 11.9. The third-order valence-electron chi connectivity index (χ3n) is 13.9. The number of para-hydroxylation sites is 1. The van der Waals surface area contributed by atoms with Crippen LogP contribution in [0.25, 0.3) is 0 Å². The summed E-state index contributed by atoms with van der Waals surface area (Å²) in [6.45, 7) is 15.7. The van der Waals surface area contributed by atoms with Crippen LogP contribution >= 0.6 is 0 Å². The maximum absolute atomic E-state index is 15.7.